The van der Waals surface area contributed by atoms with E-state index in [0.29, 0.717) is 27.8 Å². The number of carboxylic acid groups (broad SMARTS) is 1. The van der Waals surface area contributed by atoms with Gasteiger partial charge in [0.15, 0.2) is 11.6 Å². The van der Waals surface area contributed by atoms with Gasteiger partial charge in [0, 0.05) is 84.7 Å². The molecule has 2 aliphatic rings. The summed E-state index contributed by atoms with van der Waals surface area (Å²) in [5.41, 5.74) is 3.26. The number of aromatic nitrogens is 4. The van der Waals surface area contributed by atoms with Gasteiger partial charge in [0.1, 0.15) is 12.1 Å². The van der Waals surface area contributed by atoms with Gasteiger partial charge in [0.25, 0.3) is 11.8 Å². The van der Waals surface area contributed by atoms with Gasteiger partial charge in [-0.05, 0) is 78.1 Å². The Morgan fingerprint density at radius 2 is 0.959 bits per heavy atom. The Balaban J connectivity index is 0.000000214. The van der Waals surface area contributed by atoms with Crippen molar-refractivity contribution in [3.63, 3.8) is 0 Å². The van der Waals surface area contributed by atoms with Crippen LogP contribution in [-0.2, 0) is 47.6 Å². The Hall–Kier alpha value is -6.22. The monoisotopic (exact) mass is 1150 g/mol. The van der Waals surface area contributed by atoms with Gasteiger partial charge in [-0.15, -0.1) is 22.7 Å². The highest BCUT2D eigenvalue weighted by Gasteiger charge is 2.41. The largest absolute Gasteiger partial charge is 0.481 e. The Labute approximate surface area is 448 Å². The van der Waals surface area contributed by atoms with Gasteiger partial charge in [-0.2, -0.15) is 0 Å². The van der Waals surface area contributed by atoms with Gasteiger partial charge in [-0.25, -0.2) is 19.9 Å². The molecule has 16 nitrogen and oxygen atoms in total. The number of carboxylic acids is 1. The van der Waals surface area contributed by atoms with Crippen molar-refractivity contribution in [2.75, 3.05) is 33.3 Å². The number of hydrogen-bond donors (Lipinski definition) is 3. The van der Waals surface area contributed by atoms with E-state index in [1.165, 1.54) is 34.7 Å². The van der Waals surface area contributed by atoms with Crippen LogP contribution in [0.15, 0.2) is 107 Å². The summed E-state index contributed by atoms with van der Waals surface area (Å²) in [5, 5.41) is 15.0. The zero-order chi connectivity index (χ0) is 52.8. The lowest BCUT2D eigenvalue weighted by molar-refractivity contribution is -0.157. The summed E-state index contributed by atoms with van der Waals surface area (Å²) in [5.74, 6) is -2.08. The Morgan fingerprint density at radius 1 is 0.603 bits per heavy atom. The third-order valence-electron chi connectivity index (χ3n) is 12.2. The summed E-state index contributed by atoms with van der Waals surface area (Å²) < 4.78 is 6.37. The van der Waals surface area contributed by atoms with E-state index >= 15 is 0 Å². The molecule has 3 N–H and O–H groups in total. The molecule has 73 heavy (non-hydrogen) atoms. The lowest BCUT2D eigenvalue weighted by atomic mass is 9.95. The van der Waals surface area contributed by atoms with Crippen LogP contribution >= 0.6 is 54.5 Å². The van der Waals surface area contributed by atoms with E-state index in [0.717, 1.165) is 41.0 Å². The average Bonchev–Trinajstić information content (AvgIpc) is 4.04. The number of halogens is 2. The van der Waals surface area contributed by atoms with Crippen LogP contribution in [0.25, 0.3) is 22.8 Å². The molecule has 4 amide bonds. The first kappa shape index (κ1) is 54.6. The first-order valence-corrected chi connectivity index (χ1v) is 26.6. The number of likely N-dealkylation sites (tertiary alicyclic amines) is 2. The highest BCUT2D eigenvalue weighted by atomic mass is 79.9. The minimum absolute atomic E-state index is 0.0702. The van der Waals surface area contributed by atoms with Crippen LogP contribution < -0.4 is 10.6 Å². The Morgan fingerprint density at radius 3 is 1.27 bits per heavy atom. The van der Waals surface area contributed by atoms with Crippen molar-refractivity contribution in [3.8, 4) is 22.8 Å². The van der Waals surface area contributed by atoms with Gasteiger partial charge in [-0.3, -0.25) is 28.8 Å². The number of hydrogen-bond acceptors (Lipinski definition) is 13. The molecule has 2 aliphatic heterocycles. The number of amides is 4. The van der Waals surface area contributed by atoms with E-state index in [4.69, 9.17) is 4.74 Å². The van der Waals surface area contributed by atoms with Crippen molar-refractivity contribution in [1.29, 1.82) is 0 Å². The number of rotatable bonds is 14. The highest BCUT2D eigenvalue weighted by Crippen LogP contribution is 2.31. The second-order valence-corrected chi connectivity index (χ2v) is 23.9. The second kappa shape index (κ2) is 23.3. The van der Waals surface area contributed by atoms with Crippen molar-refractivity contribution >= 4 is 90.1 Å². The van der Waals surface area contributed by atoms with Gasteiger partial charge < -0.3 is 30.3 Å². The minimum atomic E-state index is -0.918. The van der Waals surface area contributed by atoms with Gasteiger partial charge in [-0.1, -0.05) is 90.1 Å². The zero-order valence-electron chi connectivity index (χ0n) is 41.4. The highest BCUT2D eigenvalue weighted by molar-refractivity contribution is 9.10. The van der Waals surface area contributed by atoms with Crippen molar-refractivity contribution in [2.45, 2.75) is 77.3 Å². The second-order valence-electron chi connectivity index (χ2n) is 19.9. The van der Waals surface area contributed by atoms with Crippen molar-refractivity contribution < 1.29 is 38.6 Å². The molecule has 6 heterocycles. The van der Waals surface area contributed by atoms with Gasteiger partial charge in [0.2, 0.25) is 11.8 Å². The molecule has 8 rings (SSSR count). The zero-order valence-corrected chi connectivity index (χ0v) is 46.2. The number of carbonyl (C=O) groups is 6. The van der Waals surface area contributed by atoms with Crippen molar-refractivity contribution in [2.24, 2.45) is 11.8 Å². The fourth-order valence-electron chi connectivity index (χ4n) is 7.79. The molecule has 0 unspecified atom stereocenters. The van der Waals surface area contributed by atoms with E-state index < -0.39 is 24.0 Å². The number of aliphatic carboxylic acids is 1. The maximum absolute atomic E-state index is 13.4. The minimum Gasteiger partial charge on any atom is -0.481 e. The van der Waals surface area contributed by atoms with E-state index in [2.05, 4.69) is 104 Å². The lowest BCUT2D eigenvalue weighted by Gasteiger charge is -2.39. The number of carbonyl (C=O) groups excluding carboxylic acids is 5. The molecule has 0 spiro atoms. The SMILES string of the molecule is CC(C)(C)c1ccc(C(=O)N[C@@H](Cc2ccc(-c3ncc(Br)cn3)cc2)C(=O)N2CC(C(=O)O)C2)s1.COC(=O)C1CN(C(=O)[C@H](Cc2ccc(-c3ncc(Br)cn3)cc2)NC(=O)c2ccc(C(C)(C)C)s2)C1. The van der Waals surface area contributed by atoms with Crippen molar-refractivity contribution in [1.82, 2.24) is 40.4 Å². The van der Waals surface area contributed by atoms with E-state index in [1.807, 2.05) is 60.7 Å². The summed E-state index contributed by atoms with van der Waals surface area (Å²) in [6.07, 6.45) is 7.30. The quantitative estimate of drug-likeness (QED) is 0.0878. The van der Waals surface area contributed by atoms with Crippen molar-refractivity contribution in [3.05, 3.63) is 137 Å². The summed E-state index contributed by atoms with van der Waals surface area (Å²) in [6, 6.07) is 21.0. The van der Waals surface area contributed by atoms with Crippen LogP contribution in [-0.4, -0.2) is 116 Å². The first-order chi connectivity index (χ1) is 34.6. The maximum atomic E-state index is 13.4. The predicted molar refractivity (Wildman–Crippen MR) is 286 cm³/mol. The number of benzene rings is 2. The third-order valence-corrected chi connectivity index (χ3v) is 16.0. The number of nitrogens with one attached hydrogen (secondary N) is 2. The molecule has 0 saturated carbocycles. The average molecular weight is 1160 g/mol. The third kappa shape index (κ3) is 14.1. The molecule has 382 valence electrons. The molecule has 2 atom stereocenters. The number of esters is 1. The number of nitrogens with zero attached hydrogens (tertiary/aromatic N) is 6. The molecule has 20 heteroatoms. The molecule has 2 aromatic carbocycles. The van der Waals surface area contributed by atoms with Gasteiger partial charge in [0.05, 0.1) is 37.6 Å². The van der Waals surface area contributed by atoms with Gasteiger partial charge >= 0.3 is 11.9 Å². The van der Waals surface area contributed by atoms with Crippen LogP contribution in [0.2, 0.25) is 0 Å². The molecule has 0 bridgehead atoms. The Kier molecular flexibility index (Phi) is 17.4. The first-order valence-electron chi connectivity index (χ1n) is 23.4. The number of ether oxygens (including phenoxy) is 1. The molecule has 0 aliphatic carbocycles. The summed E-state index contributed by atoms with van der Waals surface area (Å²) >= 11 is 9.50. The topological polar surface area (TPSA) is 214 Å². The summed E-state index contributed by atoms with van der Waals surface area (Å²) in [4.78, 5) is 99.4. The molecular formula is C53H56Br2N8O8S2. The lowest BCUT2D eigenvalue weighted by Crippen LogP contribution is -2.59. The van der Waals surface area contributed by atoms with Crippen LogP contribution in [0.5, 0.6) is 0 Å². The molecule has 4 aromatic heterocycles. The van der Waals surface area contributed by atoms with E-state index in [-0.39, 0.29) is 78.9 Å². The predicted octanol–water partition coefficient (Wildman–Crippen LogP) is 8.39. The molecular weight excluding hydrogens is 1100 g/mol. The smallest absolute Gasteiger partial charge is 0.312 e. The molecule has 2 fully saturated rings. The fraction of sp³-hybridized carbons (Fsp3) is 0.358. The van der Waals surface area contributed by atoms with E-state index in [1.54, 1.807) is 41.8 Å². The number of thiophene rings is 2. The van der Waals surface area contributed by atoms with Crippen LogP contribution in [0.4, 0.5) is 0 Å². The normalized spacial score (nSPS) is 14.6. The number of methoxy groups -OCH3 is 1. The van der Waals surface area contributed by atoms with Crippen LogP contribution in [0, 0.1) is 11.8 Å². The van der Waals surface area contributed by atoms with E-state index in [9.17, 15) is 33.9 Å². The summed E-state index contributed by atoms with van der Waals surface area (Å²) in [7, 11) is 1.34. The maximum Gasteiger partial charge on any atom is 0.312 e. The fourth-order valence-corrected chi connectivity index (χ4v) is 10.1. The van der Waals surface area contributed by atoms with Crippen LogP contribution in [0.1, 0.15) is 81.8 Å². The molecule has 2 saturated heterocycles. The molecule has 6 aromatic rings. The summed E-state index contributed by atoms with van der Waals surface area (Å²) in [6.45, 7) is 13.4. The molecule has 0 radical (unpaired) electrons. The Bertz CT molecular complexity index is 2940. The van der Waals surface area contributed by atoms with Crippen LogP contribution in [0.3, 0.4) is 0 Å². The standard InChI is InChI=1S/C27H29BrN4O4S.C26H27BrN4O4S/c1-27(2,3)22-10-9-21(37-22)24(33)31-20(25(34)32-14-18(15-32)26(35)36-4)11-16-5-7-17(8-6-16)23-29-12-19(28)13-30-23;1-26(2,3)21-9-8-20(36-21)23(32)30-19(24(33)31-13-17(14-31)25(34)35)10-15-4-6-16(7-5-15)22-28-11-18(27)12-29-22/h5-10,12-13,18,20H,11,14-15H2,1-4H3,(H,31,33);4-9,11-12,17,19H,10,13-14H2,1-3H3,(H,30,32)(H,34,35)/t20-;19-/m00/s1.